The lowest BCUT2D eigenvalue weighted by atomic mass is 10.2. The van der Waals surface area contributed by atoms with Gasteiger partial charge < -0.3 is 5.73 Å². The molecular formula is C15H21FN2O2S. The van der Waals surface area contributed by atoms with E-state index in [9.17, 15) is 12.8 Å². The predicted octanol–water partition coefficient (Wildman–Crippen LogP) is 1.99. The SMILES string of the molecule is CCCCCCNS(=O)(=O)c1ccc(C#CCN)c(F)c1. The van der Waals surface area contributed by atoms with Crippen molar-refractivity contribution in [3.8, 4) is 11.8 Å². The summed E-state index contributed by atoms with van der Waals surface area (Å²) in [7, 11) is -3.67. The Kier molecular flexibility index (Phi) is 7.37. The number of unbranched alkanes of at least 4 members (excludes halogenated alkanes) is 3. The summed E-state index contributed by atoms with van der Waals surface area (Å²) >= 11 is 0. The second kappa shape index (κ2) is 8.78. The first-order valence-electron chi connectivity index (χ1n) is 6.99. The molecular weight excluding hydrogens is 291 g/mol. The van der Waals surface area contributed by atoms with Gasteiger partial charge in [-0.05, 0) is 24.6 Å². The molecule has 0 unspecified atom stereocenters. The molecule has 3 N–H and O–H groups in total. The van der Waals surface area contributed by atoms with E-state index in [4.69, 9.17) is 5.73 Å². The van der Waals surface area contributed by atoms with Crippen LogP contribution in [0.2, 0.25) is 0 Å². The summed E-state index contributed by atoms with van der Waals surface area (Å²) in [5.74, 6) is 4.42. The molecule has 116 valence electrons. The van der Waals surface area contributed by atoms with Crippen molar-refractivity contribution in [3.05, 3.63) is 29.6 Å². The molecule has 0 aliphatic rings. The van der Waals surface area contributed by atoms with Crippen LogP contribution in [0.3, 0.4) is 0 Å². The van der Waals surface area contributed by atoms with Gasteiger partial charge in [0.05, 0.1) is 17.0 Å². The summed E-state index contributed by atoms with van der Waals surface area (Å²) in [6.07, 6.45) is 3.91. The molecule has 0 aromatic heterocycles. The van der Waals surface area contributed by atoms with E-state index >= 15 is 0 Å². The van der Waals surface area contributed by atoms with Gasteiger partial charge in [0.1, 0.15) is 5.82 Å². The molecule has 0 amide bonds. The van der Waals surface area contributed by atoms with Crippen molar-refractivity contribution >= 4 is 10.0 Å². The minimum absolute atomic E-state index is 0.0891. The average Bonchev–Trinajstić information content (AvgIpc) is 2.45. The van der Waals surface area contributed by atoms with E-state index < -0.39 is 15.8 Å². The first-order chi connectivity index (χ1) is 10.0. The Morgan fingerprint density at radius 2 is 2.05 bits per heavy atom. The summed E-state index contributed by atoms with van der Waals surface area (Å²) in [6.45, 7) is 2.57. The van der Waals surface area contributed by atoms with Crippen molar-refractivity contribution in [2.75, 3.05) is 13.1 Å². The smallest absolute Gasteiger partial charge is 0.240 e. The Labute approximate surface area is 126 Å². The number of sulfonamides is 1. The standard InChI is InChI=1S/C15H21FN2O2S/c1-2-3-4-5-11-18-21(19,20)14-9-8-13(7-6-10-17)15(16)12-14/h8-9,12,18H,2-5,10-11,17H2,1H3. The van der Waals surface area contributed by atoms with Crippen LogP contribution in [-0.2, 0) is 10.0 Å². The number of hydrogen-bond donors (Lipinski definition) is 2. The molecule has 0 aliphatic heterocycles. The van der Waals surface area contributed by atoms with Gasteiger partial charge in [-0.1, -0.05) is 38.0 Å². The highest BCUT2D eigenvalue weighted by Crippen LogP contribution is 2.14. The molecule has 0 bridgehead atoms. The summed E-state index contributed by atoms with van der Waals surface area (Å²) < 4.78 is 40.2. The third-order valence-electron chi connectivity index (χ3n) is 2.90. The molecule has 0 radical (unpaired) electrons. The minimum Gasteiger partial charge on any atom is -0.320 e. The van der Waals surface area contributed by atoms with E-state index in [0.29, 0.717) is 6.54 Å². The molecule has 1 rings (SSSR count). The van der Waals surface area contributed by atoms with Gasteiger partial charge in [0.25, 0.3) is 0 Å². The maximum absolute atomic E-state index is 13.8. The zero-order valence-corrected chi connectivity index (χ0v) is 13.0. The second-order valence-electron chi connectivity index (χ2n) is 4.61. The predicted molar refractivity (Wildman–Crippen MR) is 81.7 cm³/mol. The fraction of sp³-hybridized carbons (Fsp3) is 0.467. The highest BCUT2D eigenvalue weighted by Gasteiger charge is 2.15. The fourth-order valence-electron chi connectivity index (χ4n) is 1.75. The lowest BCUT2D eigenvalue weighted by Gasteiger charge is -2.07. The van der Waals surface area contributed by atoms with Gasteiger partial charge in [-0.25, -0.2) is 17.5 Å². The van der Waals surface area contributed by atoms with E-state index in [1.54, 1.807) is 0 Å². The van der Waals surface area contributed by atoms with Crippen LogP contribution >= 0.6 is 0 Å². The van der Waals surface area contributed by atoms with Crippen LogP contribution in [-0.4, -0.2) is 21.5 Å². The van der Waals surface area contributed by atoms with E-state index in [1.807, 2.05) is 0 Å². The number of rotatable bonds is 7. The topological polar surface area (TPSA) is 72.2 Å². The van der Waals surface area contributed by atoms with Gasteiger partial charge in [-0.15, -0.1) is 0 Å². The Bertz CT molecular complexity index is 618. The van der Waals surface area contributed by atoms with E-state index in [0.717, 1.165) is 31.7 Å². The Morgan fingerprint density at radius 1 is 1.29 bits per heavy atom. The molecule has 0 atom stereocenters. The van der Waals surface area contributed by atoms with Gasteiger partial charge in [0, 0.05) is 6.54 Å². The first kappa shape index (κ1) is 17.6. The largest absolute Gasteiger partial charge is 0.320 e. The van der Waals surface area contributed by atoms with Crippen molar-refractivity contribution < 1.29 is 12.8 Å². The summed E-state index contributed by atoms with van der Waals surface area (Å²) in [6, 6.07) is 3.68. The monoisotopic (exact) mass is 312 g/mol. The fourth-order valence-corrected chi connectivity index (χ4v) is 2.84. The lowest BCUT2D eigenvalue weighted by molar-refractivity contribution is 0.570. The Morgan fingerprint density at radius 3 is 2.67 bits per heavy atom. The molecule has 0 saturated carbocycles. The summed E-state index contributed by atoms with van der Waals surface area (Å²) in [5.41, 5.74) is 5.35. The van der Waals surface area contributed by atoms with E-state index in [1.165, 1.54) is 12.1 Å². The molecule has 6 heteroatoms. The van der Waals surface area contributed by atoms with Crippen LogP contribution in [0.1, 0.15) is 38.2 Å². The molecule has 0 aliphatic carbocycles. The van der Waals surface area contributed by atoms with Gasteiger partial charge in [0.2, 0.25) is 10.0 Å². The average molecular weight is 312 g/mol. The molecule has 21 heavy (non-hydrogen) atoms. The van der Waals surface area contributed by atoms with Crippen molar-refractivity contribution in [3.63, 3.8) is 0 Å². The van der Waals surface area contributed by atoms with Crippen molar-refractivity contribution in [2.24, 2.45) is 5.73 Å². The highest BCUT2D eigenvalue weighted by atomic mass is 32.2. The van der Waals surface area contributed by atoms with Crippen LogP contribution in [0.15, 0.2) is 23.1 Å². The Hall–Kier alpha value is -1.42. The van der Waals surface area contributed by atoms with Gasteiger partial charge in [0.15, 0.2) is 0 Å². The zero-order valence-electron chi connectivity index (χ0n) is 12.2. The first-order valence-corrected chi connectivity index (χ1v) is 8.47. The molecule has 0 fully saturated rings. The van der Waals surface area contributed by atoms with Crippen LogP contribution in [0.4, 0.5) is 4.39 Å². The van der Waals surface area contributed by atoms with Gasteiger partial charge >= 0.3 is 0 Å². The van der Waals surface area contributed by atoms with Crippen molar-refractivity contribution in [2.45, 2.75) is 37.5 Å². The molecule has 1 aromatic carbocycles. The number of nitrogens with one attached hydrogen (secondary N) is 1. The molecule has 0 heterocycles. The zero-order chi connectivity index (χ0) is 15.7. The normalized spacial score (nSPS) is 11.0. The number of benzene rings is 1. The van der Waals surface area contributed by atoms with Gasteiger partial charge in [-0.2, -0.15) is 0 Å². The quantitative estimate of drug-likeness (QED) is 0.597. The van der Waals surface area contributed by atoms with Crippen molar-refractivity contribution in [1.82, 2.24) is 4.72 Å². The third-order valence-corrected chi connectivity index (χ3v) is 4.36. The minimum atomic E-state index is -3.67. The highest BCUT2D eigenvalue weighted by molar-refractivity contribution is 7.89. The maximum atomic E-state index is 13.8. The lowest BCUT2D eigenvalue weighted by Crippen LogP contribution is -2.25. The van der Waals surface area contributed by atoms with Crippen LogP contribution in [0.5, 0.6) is 0 Å². The van der Waals surface area contributed by atoms with E-state index in [2.05, 4.69) is 23.5 Å². The number of halogens is 1. The van der Waals surface area contributed by atoms with Crippen molar-refractivity contribution in [1.29, 1.82) is 0 Å². The Balaban J connectivity index is 2.73. The summed E-state index contributed by atoms with van der Waals surface area (Å²) in [5, 5.41) is 0. The maximum Gasteiger partial charge on any atom is 0.240 e. The van der Waals surface area contributed by atoms with Crippen LogP contribution < -0.4 is 10.5 Å². The molecule has 4 nitrogen and oxygen atoms in total. The van der Waals surface area contributed by atoms with E-state index in [-0.39, 0.29) is 17.0 Å². The third kappa shape index (κ3) is 5.84. The number of nitrogens with two attached hydrogens (primary N) is 1. The number of hydrogen-bond acceptors (Lipinski definition) is 3. The molecule has 0 spiro atoms. The summed E-state index contributed by atoms with van der Waals surface area (Å²) in [4.78, 5) is -0.0891. The second-order valence-corrected chi connectivity index (χ2v) is 6.37. The molecule has 1 aromatic rings. The van der Waals surface area contributed by atoms with Crippen LogP contribution in [0.25, 0.3) is 0 Å². The van der Waals surface area contributed by atoms with Gasteiger partial charge in [-0.3, -0.25) is 0 Å². The van der Waals surface area contributed by atoms with Crippen LogP contribution in [0, 0.1) is 17.7 Å². The molecule has 0 saturated heterocycles.